The van der Waals surface area contributed by atoms with Crippen LogP contribution >= 0.6 is 0 Å². The SMILES string of the molecule is CCOCCN(CC)S(=O)(=O)c1c(C)oc(C)c1CNC. The van der Waals surface area contributed by atoms with E-state index in [4.69, 9.17) is 9.15 Å². The lowest BCUT2D eigenvalue weighted by Crippen LogP contribution is -2.34. The molecule has 0 aromatic carbocycles. The van der Waals surface area contributed by atoms with Gasteiger partial charge in [0, 0.05) is 31.8 Å². The zero-order valence-electron chi connectivity index (χ0n) is 13.5. The van der Waals surface area contributed by atoms with Gasteiger partial charge in [-0.1, -0.05) is 6.92 Å². The molecule has 21 heavy (non-hydrogen) atoms. The monoisotopic (exact) mass is 318 g/mol. The number of rotatable bonds is 9. The van der Waals surface area contributed by atoms with Gasteiger partial charge in [0.05, 0.1) is 6.61 Å². The van der Waals surface area contributed by atoms with Gasteiger partial charge < -0.3 is 14.5 Å². The summed E-state index contributed by atoms with van der Waals surface area (Å²) in [5.74, 6) is 1.08. The van der Waals surface area contributed by atoms with Crippen molar-refractivity contribution in [3.05, 3.63) is 17.1 Å². The molecular weight excluding hydrogens is 292 g/mol. The number of ether oxygens (including phenoxy) is 1. The topological polar surface area (TPSA) is 71.8 Å². The zero-order chi connectivity index (χ0) is 16.0. The Morgan fingerprint density at radius 3 is 2.43 bits per heavy atom. The van der Waals surface area contributed by atoms with Gasteiger partial charge in [0.25, 0.3) is 0 Å². The van der Waals surface area contributed by atoms with Gasteiger partial charge in [0.15, 0.2) is 0 Å². The van der Waals surface area contributed by atoms with Crippen molar-refractivity contribution < 1.29 is 17.6 Å². The Morgan fingerprint density at radius 1 is 1.24 bits per heavy atom. The second-order valence-electron chi connectivity index (χ2n) is 4.75. The molecule has 0 bridgehead atoms. The predicted octanol–water partition coefficient (Wildman–Crippen LogP) is 1.66. The summed E-state index contributed by atoms with van der Waals surface area (Å²) in [5.41, 5.74) is 0.699. The number of nitrogens with one attached hydrogen (secondary N) is 1. The molecular formula is C14H26N2O4S. The Morgan fingerprint density at radius 2 is 1.90 bits per heavy atom. The molecule has 6 nitrogen and oxygen atoms in total. The Hall–Kier alpha value is -0.890. The second kappa shape index (κ2) is 7.93. The van der Waals surface area contributed by atoms with Crippen molar-refractivity contribution in [2.75, 3.05) is 33.4 Å². The molecule has 0 aliphatic rings. The van der Waals surface area contributed by atoms with Gasteiger partial charge in [-0.05, 0) is 27.8 Å². The van der Waals surface area contributed by atoms with Crippen LogP contribution in [0.3, 0.4) is 0 Å². The largest absolute Gasteiger partial charge is 0.465 e. The number of likely N-dealkylation sites (N-methyl/N-ethyl adjacent to an activating group) is 1. The maximum absolute atomic E-state index is 12.9. The van der Waals surface area contributed by atoms with Crippen molar-refractivity contribution in [2.45, 2.75) is 39.1 Å². The van der Waals surface area contributed by atoms with E-state index in [1.807, 2.05) is 13.8 Å². The lowest BCUT2D eigenvalue weighted by Gasteiger charge is -2.20. The van der Waals surface area contributed by atoms with Crippen molar-refractivity contribution in [2.24, 2.45) is 0 Å². The van der Waals surface area contributed by atoms with Crippen LogP contribution in [0.25, 0.3) is 0 Å². The fourth-order valence-electron chi connectivity index (χ4n) is 2.32. The van der Waals surface area contributed by atoms with Crippen LogP contribution in [0.15, 0.2) is 9.31 Å². The fraction of sp³-hybridized carbons (Fsp3) is 0.714. The van der Waals surface area contributed by atoms with Crippen LogP contribution in [-0.2, 0) is 21.3 Å². The first-order chi connectivity index (χ1) is 9.89. The maximum atomic E-state index is 12.9. The van der Waals surface area contributed by atoms with E-state index in [-0.39, 0.29) is 4.90 Å². The van der Waals surface area contributed by atoms with Crippen LogP contribution in [0.5, 0.6) is 0 Å². The average Bonchev–Trinajstić information content (AvgIpc) is 2.70. The number of nitrogens with zero attached hydrogens (tertiary/aromatic N) is 1. The average molecular weight is 318 g/mol. The number of sulfonamides is 1. The third-order valence-electron chi connectivity index (χ3n) is 3.32. The van der Waals surface area contributed by atoms with E-state index >= 15 is 0 Å². The highest BCUT2D eigenvalue weighted by Gasteiger charge is 2.31. The van der Waals surface area contributed by atoms with Crippen LogP contribution in [0.4, 0.5) is 0 Å². The second-order valence-corrected chi connectivity index (χ2v) is 6.62. The lowest BCUT2D eigenvalue weighted by atomic mass is 10.2. The number of hydrogen-bond acceptors (Lipinski definition) is 5. The predicted molar refractivity (Wildman–Crippen MR) is 81.9 cm³/mol. The normalized spacial score (nSPS) is 12.3. The molecule has 1 heterocycles. The third kappa shape index (κ3) is 4.06. The third-order valence-corrected chi connectivity index (χ3v) is 5.49. The van der Waals surface area contributed by atoms with E-state index in [1.54, 1.807) is 20.9 Å². The molecule has 0 spiro atoms. The van der Waals surface area contributed by atoms with Gasteiger partial charge >= 0.3 is 0 Å². The van der Waals surface area contributed by atoms with E-state index in [9.17, 15) is 8.42 Å². The van der Waals surface area contributed by atoms with E-state index in [0.717, 1.165) is 0 Å². The quantitative estimate of drug-likeness (QED) is 0.701. The number of aryl methyl sites for hydroxylation is 2. The van der Waals surface area contributed by atoms with Gasteiger partial charge in [0.2, 0.25) is 10.0 Å². The summed E-state index contributed by atoms with van der Waals surface area (Å²) < 4.78 is 38.0. The molecule has 7 heteroatoms. The first-order valence-electron chi connectivity index (χ1n) is 7.21. The number of hydrogen-bond donors (Lipinski definition) is 1. The molecule has 0 aliphatic carbocycles. The van der Waals surface area contributed by atoms with Crippen LogP contribution in [0.2, 0.25) is 0 Å². The Labute approximate surface area is 127 Å². The molecule has 0 saturated heterocycles. The molecule has 1 aromatic rings. The molecule has 0 atom stereocenters. The van der Waals surface area contributed by atoms with Crippen LogP contribution in [-0.4, -0.2) is 46.1 Å². The Balaban J connectivity index is 3.16. The number of furan rings is 1. The molecule has 1 N–H and O–H groups in total. The van der Waals surface area contributed by atoms with Crippen LogP contribution in [0.1, 0.15) is 30.9 Å². The van der Waals surface area contributed by atoms with Crippen LogP contribution < -0.4 is 5.32 Å². The van der Waals surface area contributed by atoms with Gasteiger partial charge in [0.1, 0.15) is 16.4 Å². The highest BCUT2D eigenvalue weighted by atomic mass is 32.2. The van der Waals surface area contributed by atoms with E-state index in [2.05, 4.69) is 5.32 Å². The van der Waals surface area contributed by atoms with Crippen molar-refractivity contribution in [1.82, 2.24) is 9.62 Å². The van der Waals surface area contributed by atoms with Crippen molar-refractivity contribution in [3.8, 4) is 0 Å². The molecule has 0 amide bonds. The van der Waals surface area contributed by atoms with E-state index in [0.29, 0.717) is 49.9 Å². The van der Waals surface area contributed by atoms with Gasteiger partial charge in [-0.2, -0.15) is 4.31 Å². The van der Waals surface area contributed by atoms with Crippen molar-refractivity contribution in [1.29, 1.82) is 0 Å². The van der Waals surface area contributed by atoms with E-state index in [1.165, 1.54) is 4.31 Å². The molecule has 0 unspecified atom stereocenters. The molecule has 0 aliphatic heterocycles. The molecule has 0 radical (unpaired) electrons. The zero-order valence-corrected chi connectivity index (χ0v) is 14.3. The smallest absolute Gasteiger partial charge is 0.246 e. The first-order valence-corrected chi connectivity index (χ1v) is 8.65. The summed E-state index contributed by atoms with van der Waals surface area (Å²) in [6, 6.07) is 0. The first kappa shape index (κ1) is 18.2. The highest BCUT2D eigenvalue weighted by molar-refractivity contribution is 7.89. The Bertz CT molecular complexity index is 552. The summed E-state index contributed by atoms with van der Waals surface area (Å²) in [5, 5.41) is 2.99. The molecule has 1 aromatic heterocycles. The minimum Gasteiger partial charge on any atom is -0.465 e. The molecule has 0 saturated carbocycles. The standard InChI is InChI=1S/C14H26N2O4S/c1-6-16(8-9-19-7-2)21(17,18)14-12(4)20-11(3)13(14)10-15-5/h15H,6-10H2,1-5H3. The summed E-state index contributed by atoms with van der Waals surface area (Å²) in [7, 11) is -1.79. The van der Waals surface area contributed by atoms with Gasteiger partial charge in [-0.15, -0.1) is 0 Å². The molecule has 122 valence electrons. The minimum atomic E-state index is -3.57. The van der Waals surface area contributed by atoms with Gasteiger partial charge in [-0.3, -0.25) is 0 Å². The molecule has 0 fully saturated rings. The van der Waals surface area contributed by atoms with E-state index < -0.39 is 10.0 Å². The summed E-state index contributed by atoms with van der Waals surface area (Å²) in [6.07, 6.45) is 0. The van der Waals surface area contributed by atoms with Gasteiger partial charge in [-0.25, -0.2) is 8.42 Å². The fourth-order valence-corrected chi connectivity index (χ4v) is 4.16. The van der Waals surface area contributed by atoms with Crippen molar-refractivity contribution >= 4 is 10.0 Å². The molecule has 1 rings (SSSR count). The summed E-state index contributed by atoms with van der Waals surface area (Å²) in [4.78, 5) is 0.285. The maximum Gasteiger partial charge on any atom is 0.246 e. The highest BCUT2D eigenvalue weighted by Crippen LogP contribution is 2.29. The Kier molecular flexibility index (Phi) is 6.86. The summed E-state index contributed by atoms with van der Waals surface area (Å²) in [6.45, 7) is 9.36. The minimum absolute atomic E-state index is 0.285. The summed E-state index contributed by atoms with van der Waals surface area (Å²) >= 11 is 0. The van der Waals surface area contributed by atoms with Crippen LogP contribution in [0, 0.1) is 13.8 Å². The van der Waals surface area contributed by atoms with Crippen molar-refractivity contribution in [3.63, 3.8) is 0 Å². The lowest BCUT2D eigenvalue weighted by molar-refractivity contribution is 0.135.